The van der Waals surface area contributed by atoms with E-state index in [-0.39, 0.29) is 16.7 Å². The third-order valence-electron chi connectivity index (χ3n) is 4.50. The van der Waals surface area contributed by atoms with Gasteiger partial charge in [-0.3, -0.25) is 4.79 Å². The lowest BCUT2D eigenvalue weighted by atomic mass is 9.73. The van der Waals surface area contributed by atoms with E-state index in [2.05, 4.69) is 53.4 Å². The second kappa shape index (κ2) is 5.22. The normalized spacial score (nSPS) is 23.6. The highest BCUT2D eigenvalue weighted by Gasteiger charge is 2.41. The summed E-state index contributed by atoms with van der Waals surface area (Å²) in [6.07, 6.45) is 3.23. The van der Waals surface area contributed by atoms with E-state index in [0.717, 1.165) is 25.8 Å². The van der Waals surface area contributed by atoms with Gasteiger partial charge in [-0.2, -0.15) is 0 Å². The fraction of sp³-hybridized carbons (Fsp3) is 0.938. The minimum absolute atomic E-state index is 0.201. The molecule has 1 heterocycles. The minimum Gasteiger partial charge on any atom is -0.339 e. The first kappa shape index (κ1) is 15.5. The summed E-state index contributed by atoms with van der Waals surface area (Å²) in [5.41, 5.74) is 0.468. The van der Waals surface area contributed by atoms with Crippen LogP contribution in [0.3, 0.4) is 0 Å². The molecule has 106 valence electrons. The molecule has 18 heavy (non-hydrogen) atoms. The van der Waals surface area contributed by atoms with Crippen molar-refractivity contribution in [3.05, 3.63) is 0 Å². The SMILES string of the molecule is CCC(C)(C)C(CC(C)(C)C)N1CCC(C)C1=O. The summed E-state index contributed by atoms with van der Waals surface area (Å²) in [6, 6.07) is 0.375. The van der Waals surface area contributed by atoms with Crippen LogP contribution in [0.4, 0.5) is 0 Å². The molecule has 0 aliphatic carbocycles. The maximum absolute atomic E-state index is 12.3. The Morgan fingerprint density at radius 1 is 1.28 bits per heavy atom. The molecule has 2 atom stereocenters. The Balaban J connectivity index is 2.95. The van der Waals surface area contributed by atoms with E-state index >= 15 is 0 Å². The first-order chi connectivity index (χ1) is 8.08. The third kappa shape index (κ3) is 3.49. The molecule has 0 bridgehead atoms. The number of hydrogen-bond acceptors (Lipinski definition) is 1. The van der Waals surface area contributed by atoms with Gasteiger partial charge in [-0.15, -0.1) is 0 Å². The van der Waals surface area contributed by atoms with Crippen molar-refractivity contribution in [3.8, 4) is 0 Å². The lowest BCUT2D eigenvalue weighted by molar-refractivity contribution is -0.135. The van der Waals surface area contributed by atoms with Crippen LogP contribution in [-0.4, -0.2) is 23.4 Å². The average Bonchev–Trinajstić information content (AvgIpc) is 2.55. The van der Waals surface area contributed by atoms with Gasteiger partial charge in [0.25, 0.3) is 0 Å². The van der Waals surface area contributed by atoms with Crippen molar-refractivity contribution in [2.75, 3.05) is 6.54 Å². The minimum atomic E-state index is 0.201. The maximum Gasteiger partial charge on any atom is 0.225 e. The van der Waals surface area contributed by atoms with Gasteiger partial charge in [-0.05, 0) is 30.1 Å². The lowest BCUT2D eigenvalue weighted by Gasteiger charge is -2.43. The second-order valence-electron chi connectivity index (χ2n) is 7.84. The molecule has 1 aliphatic rings. The molecule has 1 amide bonds. The topological polar surface area (TPSA) is 20.3 Å². The van der Waals surface area contributed by atoms with Gasteiger partial charge in [0.2, 0.25) is 5.91 Å². The van der Waals surface area contributed by atoms with Gasteiger partial charge in [-0.1, -0.05) is 48.5 Å². The number of nitrogens with zero attached hydrogens (tertiary/aromatic N) is 1. The zero-order chi connectivity index (χ0) is 14.1. The number of likely N-dealkylation sites (tertiary alicyclic amines) is 1. The van der Waals surface area contributed by atoms with Crippen molar-refractivity contribution < 1.29 is 4.79 Å². The maximum atomic E-state index is 12.3. The molecule has 0 aromatic heterocycles. The van der Waals surface area contributed by atoms with E-state index in [4.69, 9.17) is 0 Å². The molecule has 0 radical (unpaired) electrons. The molecular formula is C16H31NO. The first-order valence-electron chi connectivity index (χ1n) is 7.39. The van der Waals surface area contributed by atoms with Crippen molar-refractivity contribution in [1.82, 2.24) is 4.90 Å². The van der Waals surface area contributed by atoms with Gasteiger partial charge in [0.1, 0.15) is 0 Å². The van der Waals surface area contributed by atoms with Gasteiger partial charge < -0.3 is 4.90 Å². The highest BCUT2D eigenvalue weighted by molar-refractivity contribution is 5.80. The summed E-state index contributed by atoms with van der Waals surface area (Å²) in [7, 11) is 0. The Kier molecular flexibility index (Phi) is 4.51. The van der Waals surface area contributed by atoms with Crippen LogP contribution in [0.2, 0.25) is 0 Å². The highest BCUT2D eigenvalue weighted by atomic mass is 16.2. The van der Waals surface area contributed by atoms with Crippen LogP contribution < -0.4 is 0 Å². The van der Waals surface area contributed by atoms with E-state index in [9.17, 15) is 4.79 Å². The molecule has 1 saturated heterocycles. The van der Waals surface area contributed by atoms with Crippen molar-refractivity contribution in [3.63, 3.8) is 0 Å². The smallest absolute Gasteiger partial charge is 0.225 e. The monoisotopic (exact) mass is 253 g/mol. The van der Waals surface area contributed by atoms with Gasteiger partial charge in [0.15, 0.2) is 0 Å². The predicted octanol–water partition coefficient (Wildman–Crippen LogP) is 4.10. The summed E-state index contributed by atoms with van der Waals surface area (Å²) in [5, 5.41) is 0. The molecule has 0 N–H and O–H groups in total. The van der Waals surface area contributed by atoms with Crippen LogP contribution >= 0.6 is 0 Å². The molecule has 2 heteroatoms. The molecule has 1 aliphatic heterocycles. The molecule has 0 aromatic carbocycles. The second-order valence-corrected chi connectivity index (χ2v) is 7.84. The van der Waals surface area contributed by atoms with Crippen LogP contribution in [0.25, 0.3) is 0 Å². The summed E-state index contributed by atoms with van der Waals surface area (Å²) in [6.45, 7) is 16.7. The fourth-order valence-electron chi connectivity index (χ4n) is 2.78. The van der Waals surface area contributed by atoms with Crippen LogP contribution in [0.15, 0.2) is 0 Å². The molecule has 0 spiro atoms. The van der Waals surface area contributed by atoms with E-state index in [0.29, 0.717) is 11.9 Å². The van der Waals surface area contributed by atoms with E-state index in [1.807, 2.05) is 0 Å². The fourth-order valence-corrected chi connectivity index (χ4v) is 2.78. The Labute approximate surface area is 113 Å². The van der Waals surface area contributed by atoms with Crippen LogP contribution in [0.1, 0.15) is 67.7 Å². The van der Waals surface area contributed by atoms with Gasteiger partial charge in [0.05, 0.1) is 0 Å². The summed E-state index contributed by atoms with van der Waals surface area (Å²) >= 11 is 0. The Morgan fingerprint density at radius 2 is 1.83 bits per heavy atom. The molecule has 0 aromatic rings. The molecule has 1 fully saturated rings. The van der Waals surface area contributed by atoms with E-state index in [1.165, 1.54) is 0 Å². The largest absolute Gasteiger partial charge is 0.339 e. The number of hydrogen-bond donors (Lipinski definition) is 0. The van der Waals surface area contributed by atoms with Crippen molar-refractivity contribution in [2.24, 2.45) is 16.7 Å². The molecule has 0 saturated carbocycles. The zero-order valence-electron chi connectivity index (χ0n) is 13.3. The zero-order valence-corrected chi connectivity index (χ0v) is 13.3. The summed E-state index contributed by atoms with van der Waals surface area (Å²) < 4.78 is 0. The highest BCUT2D eigenvalue weighted by Crippen LogP contribution is 2.39. The average molecular weight is 253 g/mol. The number of rotatable bonds is 4. The predicted molar refractivity (Wildman–Crippen MR) is 77.4 cm³/mol. The van der Waals surface area contributed by atoms with E-state index in [1.54, 1.807) is 0 Å². The lowest BCUT2D eigenvalue weighted by Crippen LogP contribution is -2.48. The number of carbonyl (C=O) groups excluding carboxylic acids is 1. The van der Waals surface area contributed by atoms with Gasteiger partial charge in [-0.25, -0.2) is 0 Å². The standard InChI is InChI=1S/C16H31NO/c1-8-16(6,7)13(11-15(3,4)5)17-10-9-12(2)14(17)18/h12-13H,8-11H2,1-7H3. The van der Waals surface area contributed by atoms with Gasteiger partial charge >= 0.3 is 0 Å². The molecule has 2 unspecified atom stereocenters. The van der Waals surface area contributed by atoms with Crippen molar-refractivity contribution in [1.29, 1.82) is 0 Å². The Morgan fingerprint density at radius 3 is 2.17 bits per heavy atom. The molecule has 2 nitrogen and oxygen atoms in total. The first-order valence-corrected chi connectivity index (χ1v) is 7.39. The molecular weight excluding hydrogens is 222 g/mol. The molecule has 1 rings (SSSR count). The van der Waals surface area contributed by atoms with E-state index < -0.39 is 0 Å². The van der Waals surface area contributed by atoms with Crippen LogP contribution in [0, 0.1) is 16.7 Å². The third-order valence-corrected chi connectivity index (χ3v) is 4.50. The number of amides is 1. The number of carbonyl (C=O) groups is 1. The van der Waals surface area contributed by atoms with Crippen LogP contribution in [0.5, 0.6) is 0 Å². The van der Waals surface area contributed by atoms with Crippen LogP contribution in [-0.2, 0) is 4.79 Å². The van der Waals surface area contributed by atoms with Crippen molar-refractivity contribution >= 4 is 5.91 Å². The van der Waals surface area contributed by atoms with Gasteiger partial charge in [0, 0.05) is 18.5 Å². The Hall–Kier alpha value is -0.530. The Bertz CT molecular complexity index is 301. The summed E-state index contributed by atoms with van der Waals surface area (Å²) in [4.78, 5) is 14.5. The van der Waals surface area contributed by atoms with Crippen molar-refractivity contribution in [2.45, 2.75) is 73.8 Å². The quantitative estimate of drug-likeness (QED) is 0.739. The summed E-state index contributed by atoms with van der Waals surface area (Å²) in [5.74, 6) is 0.589.